The van der Waals surface area contributed by atoms with E-state index in [1.807, 2.05) is 25.1 Å². The lowest BCUT2D eigenvalue weighted by Crippen LogP contribution is -2.13. The fourth-order valence-electron chi connectivity index (χ4n) is 2.83. The van der Waals surface area contributed by atoms with Gasteiger partial charge in [-0.05, 0) is 49.7 Å². The van der Waals surface area contributed by atoms with Crippen LogP contribution in [0.25, 0.3) is 5.69 Å². The normalized spacial score (nSPS) is 11.8. The van der Waals surface area contributed by atoms with E-state index in [0.29, 0.717) is 23.5 Å². The van der Waals surface area contributed by atoms with Crippen molar-refractivity contribution >= 4 is 37.9 Å². The lowest BCUT2D eigenvalue weighted by atomic mass is 10.3. The first-order chi connectivity index (χ1) is 15.4. The Hall–Kier alpha value is -3.64. The van der Waals surface area contributed by atoms with Gasteiger partial charge in [0.1, 0.15) is 5.01 Å². The molecule has 0 saturated carbocycles. The molecule has 0 aliphatic heterocycles. The quantitative estimate of drug-likeness (QED) is 0.393. The van der Waals surface area contributed by atoms with Gasteiger partial charge in [-0.15, -0.1) is 15.3 Å². The number of aryl methyl sites for hydroxylation is 2. The Morgan fingerprint density at radius 3 is 2.44 bits per heavy atom. The second-order valence-corrected chi connectivity index (χ2v) is 9.46. The molecule has 10 nitrogen and oxygen atoms in total. The third-order valence-corrected chi connectivity index (χ3v) is 6.93. The number of benzene rings is 2. The molecule has 12 heteroatoms. The van der Waals surface area contributed by atoms with Crippen LogP contribution in [0.1, 0.15) is 17.6 Å². The number of anilines is 1. The number of H-pyrrole nitrogens is 1. The summed E-state index contributed by atoms with van der Waals surface area (Å²) in [5, 5.41) is 19.8. The molecule has 0 atom stereocenters. The van der Waals surface area contributed by atoms with Crippen LogP contribution in [0.5, 0.6) is 0 Å². The first-order valence-electron chi connectivity index (χ1n) is 9.61. The molecule has 4 rings (SSSR count). The van der Waals surface area contributed by atoms with Crippen LogP contribution in [0, 0.1) is 6.92 Å². The van der Waals surface area contributed by atoms with Gasteiger partial charge in [-0.2, -0.15) is 5.11 Å². The van der Waals surface area contributed by atoms with Crippen LogP contribution in [0.15, 0.2) is 74.5 Å². The molecule has 2 N–H and O–H groups in total. The average molecular weight is 470 g/mol. The zero-order valence-corrected chi connectivity index (χ0v) is 18.8. The fraction of sp³-hybridized carbons (Fsp3) is 0.150. The van der Waals surface area contributed by atoms with E-state index in [9.17, 15) is 13.2 Å². The van der Waals surface area contributed by atoms with Crippen molar-refractivity contribution in [2.75, 3.05) is 4.72 Å². The largest absolute Gasteiger partial charge is 0.299 e. The van der Waals surface area contributed by atoms with Gasteiger partial charge < -0.3 is 0 Å². The van der Waals surface area contributed by atoms with E-state index >= 15 is 0 Å². The van der Waals surface area contributed by atoms with E-state index in [1.165, 1.54) is 40.3 Å². The van der Waals surface area contributed by atoms with E-state index in [-0.39, 0.29) is 21.3 Å². The number of nitrogens with one attached hydrogen (secondary N) is 2. The Morgan fingerprint density at radius 2 is 1.78 bits per heavy atom. The number of aromatic nitrogens is 4. The molecule has 2 heterocycles. The standard InChI is InChI=1S/C20H19N7O3S2/c1-3-17-22-24-20(31-17)26-32(29,30)16-11-9-14(10-12-16)21-23-18-13(2)25-27(19(18)28)15-7-5-4-6-8-15/h4-12,25H,3H2,1-2H3,(H,24,26). The molecule has 0 unspecified atom stereocenters. The van der Waals surface area contributed by atoms with Gasteiger partial charge in [0.2, 0.25) is 5.13 Å². The number of sulfonamides is 1. The van der Waals surface area contributed by atoms with Gasteiger partial charge in [-0.1, -0.05) is 36.5 Å². The monoisotopic (exact) mass is 469 g/mol. The van der Waals surface area contributed by atoms with Gasteiger partial charge in [0.05, 0.1) is 22.0 Å². The highest BCUT2D eigenvalue weighted by Crippen LogP contribution is 2.23. The molecule has 4 aromatic rings. The van der Waals surface area contributed by atoms with Crippen molar-refractivity contribution in [3.8, 4) is 5.69 Å². The Labute approximate surface area is 187 Å². The number of para-hydroxylation sites is 1. The number of aromatic amines is 1. The molecule has 0 fully saturated rings. The summed E-state index contributed by atoms with van der Waals surface area (Å²) < 4.78 is 28.9. The maximum Gasteiger partial charge on any atom is 0.299 e. The first-order valence-corrected chi connectivity index (χ1v) is 11.9. The summed E-state index contributed by atoms with van der Waals surface area (Å²) in [7, 11) is -3.81. The minimum atomic E-state index is -3.81. The lowest BCUT2D eigenvalue weighted by Gasteiger charge is -2.04. The molecule has 0 bridgehead atoms. The van der Waals surface area contributed by atoms with Crippen LogP contribution in [0.2, 0.25) is 0 Å². The highest BCUT2D eigenvalue weighted by Gasteiger charge is 2.17. The first kappa shape index (κ1) is 21.6. The zero-order valence-electron chi connectivity index (χ0n) is 17.2. The summed E-state index contributed by atoms with van der Waals surface area (Å²) in [5.74, 6) is 0. The van der Waals surface area contributed by atoms with E-state index in [1.54, 1.807) is 19.1 Å². The fourth-order valence-corrected chi connectivity index (χ4v) is 4.74. The Balaban J connectivity index is 1.53. The molecule has 0 aliphatic rings. The second-order valence-electron chi connectivity index (χ2n) is 6.72. The third-order valence-electron chi connectivity index (χ3n) is 4.46. The minimum absolute atomic E-state index is 0.0500. The van der Waals surface area contributed by atoms with Crippen LogP contribution in [-0.2, 0) is 16.4 Å². The number of nitrogens with zero attached hydrogens (tertiary/aromatic N) is 5. The van der Waals surface area contributed by atoms with Crippen LogP contribution in [0.3, 0.4) is 0 Å². The van der Waals surface area contributed by atoms with Crippen molar-refractivity contribution in [2.45, 2.75) is 25.2 Å². The van der Waals surface area contributed by atoms with Crippen molar-refractivity contribution < 1.29 is 8.42 Å². The Bertz CT molecular complexity index is 1420. The molecule has 32 heavy (non-hydrogen) atoms. The Morgan fingerprint density at radius 1 is 1.06 bits per heavy atom. The summed E-state index contributed by atoms with van der Waals surface area (Å²) in [6.07, 6.45) is 0.677. The molecular weight excluding hydrogens is 450 g/mol. The van der Waals surface area contributed by atoms with Crippen molar-refractivity contribution in [1.82, 2.24) is 20.0 Å². The average Bonchev–Trinajstić information content (AvgIpc) is 3.36. The van der Waals surface area contributed by atoms with Crippen molar-refractivity contribution in [3.63, 3.8) is 0 Å². The van der Waals surface area contributed by atoms with Gasteiger partial charge in [0, 0.05) is 0 Å². The van der Waals surface area contributed by atoms with E-state index in [0.717, 1.165) is 5.01 Å². The van der Waals surface area contributed by atoms with Crippen molar-refractivity contribution in [3.05, 3.63) is 75.7 Å². The molecule has 0 spiro atoms. The van der Waals surface area contributed by atoms with Gasteiger partial charge in [-0.25, -0.2) is 13.1 Å². The number of azo groups is 1. The molecule has 2 aromatic heterocycles. The number of hydrogen-bond donors (Lipinski definition) is 2. The van der Waals surface area contributed by atoms with Crippen LogP contribution in [-0.4, -0.2) is 28.4 Å². The molecule has 0 radical (unpaired) electrons. The molecular formula is C20H19N7O3S2. The topological polar surface area (TPSA) is 134 Å². The lowest BCUT2D eigenvalue weighted by molar-refractivity contribution is 0.601. The molecule has 0 aliphatic carbocycles. The van der Waals surface area contributed by atoms with Gasteiger partial charge >= 0.3 is 0 Å². The number of hydrogen-bond acceptors (Lipinski definition) is 8. The van der Waals surface area contributed by atoms with Crippen molar-refractivity contribution in [2.24, 2.45) is 10.2 Å². The summed E-state index contributed by atoms with van der Waals surface area (Å²) in [6, 6.07) is 15.0. The highest BCUT2D eigenvalue weighted by molar-refractivity contribution is 7.93. The highest BCUT2D eigenvalue weighted by atomic mass is 32.2. The smallest absolute Gasteiger partial charge is 0.293 e. The summed E-state index contributed by atoms with van der Waals surface area (Å²) in [6.45, 7) is 3.64. The van der Waals surface area contributed by atoms with Crippen LogP contribution < -0.4 is 10.3 Å². The summed E-state index contributed by atoms with van der Waals surface area (Å²) >= 11 is 1.19. The maximum atomic E-state index is 12.7. The summed E-state index contributed by atoms with van der Waals surface area (Å²) in [5.41, 5.74) is 1.50. The van der Waals surface area contributed by atoms with Crippen LogP contribution >= 0.6 is 11.3 Å². The minimum Gasteiger partial charge on any atom is -0.293 e. The predicted octanol–water partition coefficient (Wildman–Crippen LogP) is 4.10. The summed E-state index contributed by atoms with van der Waals surface area (Å²) in [4.78, 5) is 12.7. The molecule has 0 amide bonds. The Kier molecular flexibility index (Phi) is 5.97. The van der Waals surface area contributed by atoms with Crippen molar-refractivity contribution in [1.29, 1.82) is 0 Å². The predicted molar refractivity (Wildman–Crippen MR) is 122 cm³/mol. The molecule has 0 saturated heterocycles. The SMILES string of the molecule is CCc1nnc(NS(=O)(=O)c2ccc(N=Nc3c(C)[nH]n(-c4ccccc4)c3=O)cc2)s1. The van der Waals surface area contributed by atoms with Gasteiger partial charge in [0.15, 0.2) is 5.69 Å². The zero-order chi connectivity index (χ0) is 22.7. The van der Waals surface area contributed by atoms with E-state index in [2.05, 4.69) is 30.2 Å². The third kappa shape index (κ3) is 4.50. The second kappa shape index (κ2) is 8.85. The van der Waals surface area contributed by atoms with E-state index in [4.69, 9.17) is 0 Å². The van der Waals surface area contributed by atoms with Gasteiger partial charge in [-0.3, -0.25) is 14.6 Å². The van der Waals surface area contributed by atoms with E-state index < -0.39 is 10.0 Å². The molecule has 2 aromatic carbocycles. The van der Waals surface area contributed by atoms with Gasteiger partial charge in [0.25, 0.3) is 15.6 Å². The van der Waals surface area contributed by atoms with Crippen LogP contribution in [0.4, 0.5) is 16.5 Å². The molecule has 164 valence electrons. The number of rotatable bonds is 7. The maximum absolute atomic E-state index is 12.7.